The summed E-state index contributed by atoms with van der Waals surface area (Å²) in [6.45, 7) is 9.94. The molecule has 0 rings (SSSR count). The molecule has 0 unspecified atom stereocenters. The third-order valence-corrected chi connectivity index (χ3v) is 1.42. The van der Waals surface area contributed by atoms with Crippen LogP contribution in [-0.4, -0.2) is 24.9 Å². The highest BCUT2D eigenvalue weighted by Crippen LogP contribution is 2.09. The predicted molar refractivity (Wildman–Crippen MR) is 55.7 cm³/mol. The highest BCUT2D eigenvalue weighted by atomic mass is 16.2. The van der Waals surface area contributed by atoms with Gasteiger partial charge in [-0.1, -0.05) is 27.4 Å². The average Bonchev–Trinajstić information content (AvgIpc) is 2.09. The Balaban J connectivity index is 3.67. The van der Waals surface area contributed by atoms with Crippen LogP contribution < -0.4 is 10.6 Å². The molecule has 2 N–H and O–H groups in total. The second-order valence-electron chi connectivity index (χ2n) is 4.26. The van der Waals surface area contributed by atoms with Gasteiger partial charge in [0.2, 0.25) is 11.8 Å². The number of carbonyl (C=O) groups is 2. The topological polar surface area (TPSA) is 58.2 Å². The minimum absolute atomic E-state index is 0.000926. The Morgan fingerprint density at radius 3 is 2.29 bits per heavy atom. The van der Waals surface area contributed by atoms with E-state index < -0.39 is 0 Å². The molecule has 0 bridgehead atoms. The second-order valence-corrected chi connectivity index (χ2v) is 4.26. The van der Waals surface area contributed by atoms with E-state index in [1.54, 1.807) is 0 Å². The van der Waals surface area contributed by atoms with Crippen molar-refractivity contribution < 1.29 is 9.59 Å². The number of rotatable bonds is 4. The molecule has 0 atom stereocenters. The fourth-order valence-electron chi connectivity index (χ4n) is 0.666. The summed E-state index contributed by atoms with van der Waals surface area (Å²) in [6.07, 6.45) is 1.14. The monoisotopic (exact) mass is 198 g/mol. The van der Waals surface area contributed by atoms with Crippen LogP contribution in [0.2, 0.25) is 0 Å². The Bertz CT molecular complexity index is 229. The molecule has 0 radical (unpaired) electrons. The van der Waals surface area contributed by atoms with Crippen LogP contribution in [0.1, 0.15) is 20.8 Å². The molecule has 0 heterocycles. The summed E-state index contributed by atoms with van der Waals surface area (Å²) in [5.41, 5.74) is 0.0537. The molecule has 0 spiro atoms. The van der Waals surface area contributed by atoms with Crippen LogP contribution in [0, 0.1) is 5.41 Å². The van der Waals surface area contributed by atoms with Crippen molar-refractivity contribution in [1.29, 1.82) is 0 Å². The molecule has 2 amide bonds. The third kappa shape index (κ3) is 7.34. The molecule has 0 saturated carbocycles. The van der Waals surface area contributed by atoms with E-state index >= 15 is 0 Å². The summed E-state index contributed by atoms with van der Waals surface area (Å²) in [7, 11) is 0. The maximum absolute atomic E-state index is 11.1. The molecule has 4 heteroatoms. The summed E-state index contributed by atoms with van der Waals surface area (Å²) in [5, 5.41) is 5.11. The van der Waals surface area contributed by atoms with Crippen molar-refractivity contribution in [2.75, 3.05) is 13.1 Å². The molecule has 0 aromatic heterocycles. The van der Waals surface area contributed by atoms with Gasteiger partial charge in [0.05, 0.1) is 6.54 Å². The van der Waals surface area contributed by atoms with Crippen molar-refractivity contribution in [3.05, 3.63) is 12.7 Å². The summed E-state index contributed by atoms with van der Waals surface area (Å²) in [6, 6.07) is 0. The lowest BCUT2D eigenvalue weighted by molar-refractivity contribution is -0.124. The first-order valence-corrected chi connectivity index (χ1v) is 4.52. The summed E-state index contributed by atoms with van der Waals surface area (Å²) < 4.78 is 0. The Kier molecular flexibility index (Phi) is 4.91. The summed E-state index contributed by atoms with van der Waals surface area (Å²) >= 11 is 0. The van der Waals surface area contributed by atoms with Gasteiger partial charge < -0.3 is 10.6 Å². The molecule has 80 valence electrons. The number of amides is 2. The van der Waals surface area contributed by atoms with Gasteiger partial charge in [-0.15, -0.1) is 0 Å². The van der Waals surface area contributed by atoms with E-state index in [4.69, 9.17) is 0 Å². The fraction of sp³-hybridized carbons (Fsp3) is 0.600. The summed E-state index contributed by atoms with van der Waals surface area (Å²) in [4.78, 5) is 21.9. The number of nitrogens with one attached hydrogen (secondary N) is 2. The van der Waals surface area contributed by atoms with Crippen molar-refractivity contribution in [1.82, 2.24) is 10.6 Å². The molecule has 0 aliphatic rings. The predicted octanol–water partition coefficient (Wildman–Crippen LogP) is 0.451. The Labute approximate surface area is 84.8 Å². The van der Waals surface area contributed by atoms with E-state index in [2.05, 4.69) is 17.2 Å². The average molecular weight is 198 g/mol. The molecule has 0 saturated heterocycles. The maximum Gasteiger partial charge on any atom is 0.243 e. The molecule has 14 heavy (non-hydrogen) atoms. The SMILES string of the molecule is C=CC(=O)NCC(=O)NCC(C)(C)C. The maximum atomic E-state index is 11.1. The van der Waals surface area contributed by atoms with Gasteiger partial charge in [-0.3, -0.25) is 9.59 Å². The Hall–Kier alpha value is -1.32. The molecular weight excluding hydrogens is 180 g/mol. The molecule has 0 aliphatic heterocycles. The molecular formula is C10H18N2O2. The standard InChI is InChI=1S/C10H18N2O2/c1-5-8(13)11-6-9(14)12-7-10(2,3)4/h5H,1,6-7H2,2-4H3,(H,11,13)(H,12,14). The molecule has 0 aliphatic carbocycles. The van der Waals surface area contributed by atoms with Gasteiger partial charge in [-0.25, -0.2) is 0 Å². The van der Waals surface area contributed by atoms with E-state index in [-0.39, 0.29) is 23.8 Å². The van der Waals surface area contributed by atoms with Crippen LogP contribution in [0.25, 0.3) is 0 Å². The second kappa shape index (κ2) is 5.42. The first-order chi connectivity index (χ1) is 6.35. The molecule has 0 fully saturated rings. The molecule has 0 aromatic rings. The van der Waals surface area contributed by atoms with E-state index in [1.807, 2.05) is 20.8 Å². The largest absolute Gasteiger partial charge is 0.354 e. The lowest BCUT2D eigenvalue weighted by Gasteiger charge is -2.18. The van der Waals surface area contributed by atoms with E-state index in [0.29, 0.717) is 6.54 Å². The normalized spacial score (nSPS) is 10.5. The van der Waals surface area contributed by atoms with Gasteiger partial charge in [-0.2, -0.15) is 0 Å². The first-order valence-electron chi connectivity index (χ1n) is 4.52. The lowest BCUT2D eigenvalue weighted by atomic mass is 9.97. The Morgan fingerprint density at radius 2 is 1.86 bits per heavy atom. The van der Waals surface area contributed by atoms with Crippen LogP contribution in [0.15, 0.2) is 12.7 Å². The van der Waals surface area contributed by atoms with Crippen LogP contribution in [0.5, 0.6) is 0 Å². The van der Waals surface area contributed by atoms with E-state index in [0.717, 1.165) is 6.08 Å². The smallest absolute Gasteiger partial charge is 0.243 e. The Morgan fingerprint density at radius 1 is 1.29 bits per heavy atom. The zero-order valence-electron chi connectivity index (χ0n) is 9.02. The number of hydrogen-bond acceptors (Lipinski definition) is 2. The third-order valence-electron chi connectivity index (χ3n) is 1.42. The van der Waals surface area contributed by atoms with Gasteiger partial charge in [0.1, 0.15) is 0 Å². The highest BCUT2D eigenvalue weighted by Gasteiger charge is 2.11. The van der Waals surface area contributed by atoms with Crippen LogP contribution in [0.3, 0.4) is 0 Å². The van der Waals surface area contributed by atoms with Crippen molar-refractivity contribution in [2.45, 2.75) is 20.8 Å². The minimum Gasteiger partial charge on any atom is -0.354 e. The van der Waals surface area contributed by atoms with Gasteiger partial charge in [0.25, 0.3) is 0 Å². The zero-order valence-corrected chi connectivity index (χ0v) is 9.02. The number of hydrogen-bond donors (Lipinski definition) is 2. The van der Waals surface area contributed by atoms with Crippen molar-refractivity contribution in [3.63, 3.8) is 0 Å². The first kappa shape index (κ1) is 12.7. The van der Waals surface area contributed by atoms with Crippen molar-refractivity contribution in [2.24, 2.45) is 5.41 Å². The van der Waals surface area contributed by atoms with Crippen molar-refractivity contribution in [3.8, 4) is 0 Å². The quantitative estimate of drug-likeness (QED) is 0.644. The van der Waals surface area contributed by atoms with Crippen LogP contribution >= 0.6 is 0 Å². The fourth-order valence-corrected chi connectivity index (χ4v) is 0.666. The van der Waals surface area contributed by atoms with Gasteiger partial charge in [0, 0.05) is 6.54 Å². The van der Waals surface area contributed by atoms with Crippen molar-refractivity contribution >= 4 is 11.8 Å². The molecule has 4 nitrogen and oxygen atoms in total. The van der Waals surface area contributed by atoms with Crippen LogP contribution in [0.4, 0.5) is 0 Å². The van der Waals surface area contributed by atoms with E-state index in [1.165, 1.54) is 0 Å². The van der Waals surface area contributed by atoms with Gasteiger partial charge >= 0.3 is 0 Å². The minimum atomic E-state index is -0.337. The van der Waals surface area contributed by atoms with Gasteiger partial charge in [0.15, 0.2) is 0 Å². The van der Waals surface area contributed by atoms with Gasteiger partial charge in [-0.05, 0) is 11.5 Å². The number of carbonyl (C=O) groups excluding carboxylic acids is 2. The highest BCUT2D eigenvalue weighted by molar-refractivity contribution is 5.90. The molecule has 0 aromatic carbocycles. The van der Waals surface area contributed by atoms with Crippen LogP contribution in [-0.2, 0) is 9.59 Å². The van der Waals surface area contributed by atoms with E-state index in [9.17, 15) is 9.59 Å². The lowest BCUT2D eigenvalue weighted by Crippen LogP contribution is -2.39. The zero-order chi connectivity index (χ0) is 11.2. The summed E-state index contributed by atoms with van der Waals surface area (Å²) in [5.74, 6) is -0.522.